The van der Waals surface area contributed by atoms with E-state index in [0.29, 0.717) is 34.7 Å². The third-order valence-corrected chi connectivity index (χ3v) is 4.78. The van der Waals surface area contributed by atoms with Crippen LogP contribution in [0.15, 0.2) is 55.1 Å². The van der Waals surface area contributed by atoms with Crippen LogP contribution in [0.25, 0.3) is 0 Å². The quantitative estimate of drug-likeness (QED) is 0.416. The average molecular weight is 457 g/mol. The Morgan fingerprint density at radius 2 is 1.90 bits per heavy atom. The van der Waals surface area contributed by atoms with Crippen LogP contribution < -0.4 is 14.8 Å². The molecule has 1 aromatic heterocycles. The average Bonchev–Trinajstić information content (AvgIpc) is 3.21. The van der Waals surface area contributed by atoms with Crippen LogP contribution >= 0.6 is 35.6 Å². The van der Waals surface area contributed by atoms with Gasteiger partial charge in [0.1, 0.15) is 6.61 Å². The molecule has 0 unspecified atom stereocenters. The van der Waals surface area contributed by atoms with Gasteiger partial charge in [-0.25, -0.2) is 4.98 Å². The minimum Gasteiger partial charge on any atom is -0.493 e. The van der Waals surface area contributed by atoms with Crippen molar-refractivity contribution in [2.45, 2.75) is 26.1 Å². The molecule has 1 heterocycles. The number of imidazole rings is 1. The fraction of sp³-hybridized carbons (Fsp3) is 0.286. The van der Waals surface area contributed by atoms with Gasteiger partial charge < -0.3 is 19.4 Å². The van der Waals surface area contributed by atoms with Crippen molar-refractivity contribution in [3.8, 4) is 11.5 Å². The largest absolute Gasteiger partial charge is 0.493 e. The first-order valence-corrected chi connectivity index (χ1v) is 9.81. The summed E-state index contributed by atoms with van der Waals surface area (Å²) in [6, 6.07) is 11.4. The van der Waals surface area contributed by atoms with Gasteiger partial charge in [0.2, 0.25) is 0 Å². The number of benzene rings is 2. The van der Waals surface area contributed by atoms with Crippen LogP contribution in [-0.4, -0.2) is 23.2 Å². The van der Waals surface area contributed by atoms with Gasteiger partial charge in [0.25, 0.3) is 0 Å². The maximum Gasteiger partial charge on any atom is 0.180 e. The molecule has 0 amide bonds. The van der Waals surface area contributed by atoms with E-state index >= 15 is 0 Å². The summed E-state index contributed by atoms with van der Waals surface area (Å²) in [5, 5.41) is 4.65. The number of aromatic nitrogens is 2. The van der Waals surface area contributed by atoms with Crippen molar-refractivity contribution in [2.75, 3.05) is 13.7 Å². The van der Waals surface area contributed by atoms with Crippen molar-refractivity contribution >= 4 is 35.6 Å². The highest BCUT2D eigenvalue weighted by atomic mass is 35.5. The molecule has 0 atom stereocenters. The number of hydrogen-bond donors (Lipinski definition) is 1. The lowest BCUT2D eigenvalue weighted by Gasteiger charge is -2.15. The Morgan fingerprint density at radius 1 is 1.10 bits per heavy atom. The third kappa shape index (κ3) is 7.12. The molecule has 0 radical (unpaired) electrons. The summed E-state index contributed by atoms with van der Waals surface area (Å²) in [6.07, 6.45) is 6.60. The van der Waals surface area contributed by atoms with E-state index in [4.69, 9.17) is 32.7 Å². The molecule has 3 aromatic rings. The van der Waals surface area contributed by atoms with Gasteiger partial charge in [0.05, 0.1) is 18.5 Å². The topological polar surface area (TPSA) is 48.3 Å². The zero-order valence-electron chi connectivity index (χ0n) is 16.1. The Bertz CT molecular complexity index is 872. The first-order chi connectivity index (χ1) is 13.7. The van der Waals surface area contributed by atoms with Gasteiger partial charge in [0, 0.05) is 30.5 Å². The molecule has 0 saturated heterocycles. The molecule has 0 bridgehead atoms. The van der Waals surface area contributed by atoms with Crippen LogP contribution in [-0.2, 0) is 19.7 Å². The Balaban J connectivity index is 0.00000300. The summed E-state index contributed by atoms with van der Waals surface area (Å²) < 4.78 is 13.4. The van der Waals surface area contributed by atoms with E-state index in [0.717, 1.165) is 30.6 Å². The van der Waals surface area contributed by atoms with Gasteiger partial charge in [0.15, 0.2) is 11.5 Å². The van der Waals surface area contributed by atoms with Crippen molar-refractivity contribution in [3.05, 3.63) is 76.3 Å². The molecule has 8 heteroatoms. The van der Waals surface area contributed by atoms with E-state index in [1.165, 1.54) is 0 Å². The smallest absolute Gasteiger partial charge is 0.180 e. The molecule has 29 heavy (non-hydrogen) atoms. The molecule has 2 aromatic carbocycles. The molecule has 1 N–H and O–H groups in total. The van der Waals surface area contributed by atoms with Crippen molar-refractivity contribution in [1.82, 2.24) is 14.9 Å². The molecule has 0 spiro atoms. The van der Waals surface area contributed by atoms with E-state index in [1.807, 2.05) is 48.9 Å². The second kappa shape index (κ2) is 11.9. The van der Waals surface area contributed by atoms with Crippen LogP contribution in [0, 0.1) is 0 Å². The predicted octanol–water partition coefficient (Wildman–Crippen LogP) is 5.38. The van der Waals surface area contributed by atoms with Crippen molar-refractivity contribution in [1.29, 1.82) is 0 Å². The third-order valence-electron chi connectivity index (χ3n) is 4.24. The normalized spacial score (nSPS) is 10.4. The molecule has 0 aliphatic carbocycles. The highest BCUT2D eigenvalue weighted by Crippen LogP contribution is 2.37. The minimum absolute atomic E-state index is 0. The Kier molecular flexibility index (Phi) is 9.61. The van der Waals surface area contributed by atoms with Gasteiger partial charge in [-0.05, 0) is 48.4 Å². The molecule has 5 nitrogen and oxygen atoms in total. The molecular weight excluding hydrogens is 433 g/mol. The van der Waals surface area contributed by atoms with Crippen LogP contribution in [0.3, 0.4) is 0 Å². The molecule has 0 fully saturated rings. The second-order valence-electron chi connectivity index (χ2n) is 6.36. The summed E-state index contributed by atoms with van der Waals surface area (Å²) >= 11 is 12.4. The zero-order valence-corrected chi connectivity index (χ0v) is 18.4. The second-order valence-corrected chi connectivity index (χ2v) is 7.20. The van der Waals surface area contributed by atoms with Crippen LogP contribution in [0.5, 0.6) is 11.5 Å². The van der Waals surface area contributed by atoms with Crippen molar-refractivity contribution in [3.63, 3.8) is 0 Å². The lowest BCUT2D eigenvalue weighted by Crippen LogP contribution is -2.16. The van der Waals surface area contributed by atoms with E-state index in [1.54, 1.807) is 13.3 Å². The number of ether oxygens (including phenoxy) is 2. The van der Waals surface area contributed by atoms with E-state index < -0.39 is 0 Å². The fourth-order valence-electron chi connectivity index (χ4n) is 2.79. The molecule has 3 rings (SSSR count). The van der Waals surface area contributed by atoms with Gasteiger partial charge in [-0.3, -0.25) is 0 Å². The Labute approximate surface area is 187 Å². The summed E-state index contributed by atoms with van der Waals surface area (Å²) in [7, 11) is 1.61. The summed E-state index contributed by atoms with van der Waals surface area (Å²) in [5.41, 5.74) is 2.05. The molecule has 0 aliphatic rings. The zero-order chi connectivity index (χ0) is 19.8. The van der Waals surface area contributed by atoms with Crippen molar-refractivity contribution < 1.29 is 9.47 Å². The standard InChI is InChI=1S/C21H23Cl2N3O2.ClH/c1-27-20-12-17(13-24-7-2-9-26-10-8-25-15-26)11-19(23)21(20)28-14-16-3-5-18(22)6-4-16;/h3-6,8,10-12,15,24H,2,7,9,13-14H2,1H3;1H. The predicted molar refractivity (Wildman–Crippen MR) is 120 cm³/mol. The summed E-state index contributed by atoms with van der Waals surface area (Å²) in [5.74, 6) is 1.17. The number of hydrogen-bond acceptors (Lipinski definition) is 4. The van der Waals surface area contributed by atoms with Gasteiger partial charge >= 0.3 is 0 Å². The van der Waals surface area contributed by atoms with E-state index in [2.05, 4.69) is 14.9 Å². The number of nitrogens with zero attached hydrogens (tertiary/aromatic N) is 2. The first kappa shape index (κ1) is 23.4. The Hall–Kier alpha value is -1.92. The van der Waals surface area contributed by atoms with Crippen LogP contribution in [0.2, 0.25) is 10.0 Å². The number of halogens is 3. The molecule has 0 saturated carbocycles. The van der Waals surface area contributed by atoms with Crippen LogP contribution in [0.1, 0.15) is 17.5 Å². The summed E-state index contributed by atoms with van der Waals surface area (Å²) in [4.78, 5) is 4.04. The lowest BCUT2D eigenvalue weighted by molar-refractivity contribution is 0.284. The van der Waals surface area contributed by atoms with Gasteiger partial charge in [-0.1, -0.05) is 35.3 Å². The fourth-order valence-corrected chi connectivity index (χ4v) is 3.20. The molecular formula is C21H24Cl3N3O2. The minimum atomic E-state index is 0. The Morgan fingerprint density at radius 3 is 2.59 bits per heavy atom. The summed E-state index contributed by atoms with van der Waals surface area (Å²) in [6.45, 7) is 2.93. The van der Waals surface area contributed by atoms with E-state index in [-0.39, 0.29) is 12.4 Å². The first-order valence-electron chi connectivity index (χ1n) is 9.06. The monoisotopic (exact) mass is 455 g/mol. The van der Waals surface area contributed by atoms with Crippen molar-refractivity contribution in [2.24, 2.45) is 0 Å². The number of aryl methyl sites for hydroxylation is 1. The van der Waals surface area contributed by atoms with Crippen LogP contribution in [0.4, 0.5) is 0 Å². The van der Waals surface area contributed by atoms with Gasteiger partial charge in [-0.2, -0.15) is 0 Å². The number of rotatable bonds is 10. The maximum absolute atomic E-state index is 6.45. The van der Waals surface area contributed by atoms with Gasteiger partial charge in [-0.15, -0.1) is 12.4 Å². The SMILES string of the molecule is COc1cc(CNCCCn2ccnc2)cc(Cl)c1OCc1ccc(Cl)cc1.Cl. The highest BCUT2D eigenvalue weighted by molar-refractivity contribution is 6.32. The maximum atomic E-state index is 6.45. The molecule has 0 aliphatic heterocycles. The molecule has 156 valence electrons. The number of nitrogens with one attached hydrogen (secondary N) is 1. The lowest BCUT2D eigenvalue weighted by atomic mass is 10.2. The van der Waals surface area contributed by atoms with E-state index in [9.17, 15) is 0 Å². The highest BCUT2D eigenvalue weighted by Gasteiger charge is 2.12. The number of methoxy groups -OCH3 is 1.